The van der Waals surface area contributed by atoms with Crippen LogP contribution in [-0.4, -0.2) is 53.2 Å². The Morgan fingerprint density at radius 1 is 1.09 bits per heavy atom. The molecule has 2 bridgehead atoms. The van der Waals surface area contributed by atoms with E-state index in [0.717, 1.165) is 28.7 Å². The van der Waals surface area contributed by atoms with E-state index in [1.807, 2.05) is 38.1 Å². The number of hydrogen-bond acceptors (Lipinski definition) is 4. The molecule has 2 aliphatic carbocycles. The summed E-state index contributed by atoms with van der Waals surface area (Å²) in [6.45, 7) is 4.81. The van der Waals surface area contributed by atoms with E-state index in [-0.39, 0.29) is 30.4 Å². The van der Waals surface area contributed by atoms with Gasteiger partial charge in [0.15, 0.2) is 0 Å². The fourth-order valence-corrected chi connectivity index (χ4v) is 6.49. The summed E-state index contributed by atoms with van der Waals surface area (Å²) >= 11 is 0. The molecule has 35 heavy (non-hydrogen) atoms. The number of fused-ring (bicyclic) bond motifs is 4. The Hall–Kier alpha value is -3.35. The minimum Gasteiger partial charge on any atom is -0.479 e. The van der Waals surface area contributed by atoms with Gasteiger partial charge in [0.05, 0.1) is 5.92 Å². The Morgan fingerprint density at radius 2 is 1.69 bits per heavy atom. The zero-order valence-corrected chi connectivity index (χ0v) is 20.3. The van der Waals surface area contributed by atoms with Crippen LogP contribution in [0.2, 0.25) is 0 Å². The van der Waals surface area contributed by atoms with Crippen LogP contribution in [0.1, 0.15) is 56.6 Å². The minimum absolute atomic E-state index is 0.0335. The van der Waals surface area contributed by atoms with Gasteiger partial charge in [-0.2, -0.15) is 0 Å². The first-order valence-electron chi connectivity index (χ1n) is 12.4. The van der Waals surface area contributed by atoms with Crippen molar-refractivity contribution >= 4 is 18.0 Å². The molecule has 3 fully saturated rings. The molecule has 4 aliphatic rings. The van der Waals surface area contributed by atoms with Crippen molar-refractivity contribution in [2.45, 2.75) is 51.0 Å². The highest BCUT2D eigenvalue weighted by atomic mass is 16.5. The number of aliphatic carboxylic acids is 1. The number of ether oxygens (including phenoxy) is 1. The molecule has 2 aromatic carbocycles. The number of benzene rings is 2. The summed E-state index contributed by atoms with van der Waals surface area (Å²) in [5, 5.41) is 12.6. The maximum atomic E-state index is 13.3. The second kappa shape index (κ2) is 8.70. The van der Waals surface area contributed by atoms with E-state index in [1.54, 1.807) is 4.90 Å². The fraction of sp³-hybridized carbons (Fsp3) is 0.464. The molecule has 2 amide bonds. The first kappa shape index (κ1) is 23.4. The van der Waals surface area contributed by atoms with Crippen LogP contribution < -0.4 is 5.32 Å². The zero-order chi connectivity index (χ0) is 24.8. The van der Waals surface area contributed by atoms with E-state index in [0.29, 0.717) is 25.8 Å². The lowest BCUT2D eigenvalue weighted by molar-refractivity contribution is -0.161. The number of alkyl carbamates (subject to hydrolysis) is 1. The Bertz CT molecular complexity index is 1120. The van der Waals surface area contributed by atoms with Crippen LogP contribution in [0.3, 0.4) is 0 Å². The smallest absolute Gasteiger partial charge is 0.407 e. The highest BCUT2D eigenvalue weighted by Crippen LogP contribution is 2.59. The van der Waals surface area contributed by atoms with Crippen LogP contribution in [-0.2, 0) is 14.3 Å². The van der Waals surface area contributed by atoms with Gasteiger partial charge in [-0.3, -0.25) is 4.79 Å². The van der Waals surface area contributed by atoms with Crippen molar-refractivity contribution in [2.75, 3.05) is 19.7 Å². The third-order valence-corrected chi connectivity index (χ3v) is 7.98. The van der Waals surface area contributed by atoms with Gasteiger partial charge in [0.2, 0.25) is 5.91 Å². The Kier molecular flexibility index (Phi) is 5.82. The van der Waals surface area contributed by atoms with Crippen molar-refractivity contribution in [3.05, 3.63) is 59.7 Å². The number of carbonyl (C=O) groups is 3. The Labute approximate surface area is 205 Å². The quantitative estimate of drug-likeness (QED) is 0.589. The van der Waals surface area contributed by atoms with Gasteiger partial charge in [0, 0.05) is 19.0 Å². The highest BCUT2D eigenvalue weighted by Gasteiger charge is 2.68. The van der Waals surface area contributed by atoms with Gasteiger partial charge in [-0.1, -0.05) is 68.8 Å². The van der Waals surface area contributed by atoms with Gasteiger partial charge in [-0.15, -0.1) is 0 Å². The maximum Gasteiger partial charge on any atom is 0.407 e. The summed E-state index contributed by atoms with van der Waals surface area (Å²) in [4.78, 5) is 39.5. The molecule has 2 saturated heterocycles. The van der Waals surface area contributed by atoms with Crippen LogP contribution in [0.5, 0.6) is 0 Å². The summed E-state index contributed by atoms with van der Waals surface area (Å²) in [5.41, 5.74) is 3.40. The molecule has 1 unspecified atom stereocenters. The summed E-state index contributed by atoms with van der Waals surface area (Å²) in [6.07, 6.45) is 1.77. The third kappa shape index (κ3) is 3.87. The number of carboxylic acids is 1. The number of rotatable bonds is 8. The molecule has 7 nitrogen and oxygen atoms in total. The van der Waals surface area contributed by atoms with Gasteiger partial charge in [0.25, 0.3) is 0 Å². The van der Waals surface area contributed by atoms with E-state index in [9.17, 15) is 19.5 Å². The number of carboxylic acid groups (broad SMARTS) is 1. The lowest BCUT2D eigenvalue weighted by Crippen LogP contribution is -2.57. The first-order valence-corrected chi connectivity index (χ1v) is 12.4. The first-order chi connectivity index (χ1) is 16.8. The zero-order valence-electron chi connectivity index (χ0n) is 20.3. The number of nitrogens with zero attached hydrogens (tertiary/aromatic N) is 1. The largest absolute Gasteiger partial charge is 0.479 e. The molecule has 0 radical (unpaired) electrons. The Morgan fingerprint density at radius 3 is 2.26 bits per heavy atom. The standard InChI is InChI=1S/C28H32N2O5/c1-3-8-18(24(31)30-17-27(2)15-28(30,16-27)25(32)33)13-29-26(34)35-14-23-21-11-6-4-9-19(21)20-10-5-7-12-22(20)23/h4-7,9-12,18,23H,3,8,13-17H2,1-2H3,(H,29,34)(H,32,33). The average Bonchev–Trinajstić information content (AvgIpc) is 3.43. The molecule has 184 valence electrons. The predicted molar refractivity (Wildman–Crippen MR) is 131 cm³/mol. The monoisotopic (exact) mass is 476 g/mol. The van der Waals surface area contributed by atoms with Gasteiger partial charge < -0.3 is 20.1 Å². The van der Waals surface area contributed by atoms with Crippen LogP contribution in [0.15, 0.2) is 48.5 Å². The van der Waals surface area contributed by atoms with Crippen LogP contribution >= 0.6 is 0 Å². The second-order valence-electron chi connectivity index (χ2n) is 10.6. The van der Waals surface area contributed by atoms with E-state index in [4.69, 9.17) is 4.74 Å². The van der Waals surface area contributed by atoms with Crippen molar-refractivity contribution in [2.24, 2.45) is 11.3 Å². The van der Waals surface area contributed by atoms with Gasteiger partial charge >= 0.3 is 12.1 Å². The summed E-state index contributed by atoms with van der Waals surface area (Å²) in [7, 11) is 0. The third-order valence-electron chi connectivity index (χ3n) is 7.98. The minimum atomic E-state index is -1.08. The van der Waals surface area contributed by atoms with Gasteiger partial charge in [-0.05, 0) is 46.9 Å². The molecule has 7 heteroatoms. The maximum absolute atomic E-state index is 13.3. The summed E-state index contributed by atoms with van der Waals surface area (Å²) in [5.74, 6) is -1.62. The summed E-state index contributed by atoms with van der Waals surface area (Å²) < 4.78 is 5.61. The summed E-state index contributed by atoms with van der Waals surface area (Å²) in [6, 6.07) is 16.3. The van der Waals surface area contributed by atoms with Gasteiger partial charge in [0.1, 0.15) is 12.1 Å². The van der Waals surface area contributed by atoms with Crippen molar-refractivity contribution in [3.8, 4) is 11.1 Å². The van der Waals surface area contributed by atoms with E-state index < -0.39 is 23.5 Å². The van der Waals surface area contributed by atoms with E-state index >= 15 is 0 Å². The molecular weight excluding hydrogens is 444 g/mol. The molecule has 2 N–H and O–H groups in total. The molecule has 2 aliphatic heterocycles. The molecule has 0 spiro atoms. The number of carbonyl (C=O) groups excluding carboxylic acids is 2. The van der Waals surface area contributed by atoms with Crippen molar-refractivity contribution in [1.82, 2.24) is 10.2 Å². The average molecular weight is 477 g/mol. The molecule has 2 aromatic rings. The lowest BCUT2D eigenvalue weighted by atomic mass is 9.63. The predicted octanol–water partition coefficient (Wildman–Crippen LogP) is 4.41. The van der Waals surface area contributed by atoms with Crippen molar-refractivity contribution < 1.29 is 24.2 Å². The molecule has 1 atom stereocenters. The highest BCUT2D eigenvalue weighted by molar-refractivity contribution is 5.91. The van der Waals surface area contributed by atoms with Crippen molar-refractivity contribution in [1.29, 1.82) is 0 Å². The molecule has 1 saturated carbocycles. The lowest BCUT2D eigenvalue weighted by Gasteiger charge is -2.43. The normalized spacial score (nSPS) is 24.8. The van der Waals surface area contributed by atoms with Crippen LogP contribution in [0.25, 0.3) is 11.1 Å². The number of nitrogens with one attached hydrogen (secondary N) is 1. The van der Waals surface area contributed by atoms with E-state index in [2.05, 4.69) is 29.6 Å². The molecule has 6 rings (SSSR count). The molecule has 0 aromatic heterocycles. The number of hydrogen-bond donors (Lipinski definition) is 2. The van der Waals surface area contributed by atoms with Crippen molar-refractivity contribution in [3.63, 3.8) is 0 Å². The van der Waals surface area contributed by atoms with Crippen LogP contribution in [0.4, 0.5) is 4.79 Å². The fourth-order valence-electron chi connectivity index (χ4n) is 6.49. The second-order valence-corrected chi connectivity index (χ2v) is 10.6. The van der Waals surface area contributed by atoms with E-state index in [1.165, 1.54) is 0 Å². The molecular formula is C28H32N2O5. The SMILES string of the molecule is CCCC(CNC(=O)OCC1c2ccccc2-c2ccccc21)C(=O)N1CC2(C)CC1(C(=O)O)C2. The molecule has 2 heterocycles. The van der Waals surface area contributed by atoms with Gasteiger partial charge in [-0.25, -0.2) is 9.59 Å². The number of amides is 2. The topological polar surface area (TPSA) is 95.9 Å². The Balaban J connectivity index is 1.21. The van der Waals surface area contributed by atoms with Crippen LogP contribution in [0, 0.1) is 11.3 Å².